The van der Waals surface area contributed by atoms with Crippen molar-refractivity contribution in [2.75, 3.05) is 0 Å². The first kappa shape index (κ1) is 22.6. The van der Waals surface area contributed by atoms with E-state index in [1.165, 1.54) is 12.1 Å². The molecule has 0 amide bonds. The second kappa shape index (κ2) is 8.85. The van der Waals surface area contributed by atoms with Crippen LogP contribution in [0, 0.1) is 6.57 Å². The van der Waals surface area contributed by atoms with Gasteiger partial charge in [-0.15, -0.1) is 0 Å². The van der Waals surface area contributed by atoms with Gasteiger partial charge in [-0.1, -0.05) is 6.07 Å². The van der Waals surface area contributed by atoms with Gasteiger partial charge in [-0.3, -0.25) is 4.79 Å². The highest BCUT2D eigenvalue weighted by atomic mass is 19.3. The first-order valence-corrected chi connectivity index (χ1v) is 10.9. The van der Waals surface area contributed by atoms with Crippen molar-refractivity contribution in [1.82, 2.24) is 14.8 Å². The van der Waals surface area contributed by atoms with Crippen LogP contribution in [0.1, 0.15) is 18.5 Å². The third-order valence-corrected chi connectivity index (χ3v) is 5.90. The predicted molar refractivity (Wildman–Crippen MR) is 127 cm³/mol. The molecule has 10 heteroatoms. The van der Waals surface area contributed by atoms with Crippen LogP contribution in [-0.2, 0) is 13.6 Å². The van der Waals surface area contributed by atoms with Crippen molar-refractivity contribution in [1.29, 1.82) is 0 Å². The van der Waals surface area contributed by atoms with Crippen molar-refractivity contribution in [2.24, 2.45) is 12.8 Å². The van der Waals surface area contributed by atoms with E-state index in [0.717, 1.165) is 24.0 Å². The zero-order valence-corrected chi connectivity index (χ0v) is 18.7. The maximum Gasteiger partial charge on any atom is 0.387 e. The monoisotopic (exact) mass is 477 g/mol. The van der Waals surface area contributed by atoms with Crippen molar-refractivity contribution in [2.45, 2.75) is 32.1 Å². The summed E-state index contributed by atoms with van der Waals surface area (Å²) in [4.78, 5) is 15.9. The van der Waals surface area contributed by atoms with E-state index in [1.54, 1.807) is 23.7 Å². The Morgan fingerprint density at radius 3 is 2.71 bits per heavy atom. The highest BCUT2D eigenvalue weighted by Gasteiger charge is 2.28. The number of nitrogens with zero attached hydrogens (tertiary/aromatic N) is 3. The van der Waals surface area contributed by atoms with E-state index in [1.807, 2.05) is 18.3 Å². The number of nitrogens with one attached hydrogen (secondary N) is 1. The third kappa shape index (κ3) is 4.22. The maximum absolute atomic E-state index is 13.1. The normalized spacial score (nSPS) is 13.3. The topological polar surface area (TPSA) is 99.5 Å². The summed E-state index contributed by atoms with van der Waals surface area (Å²) in [5.41, 5.74) is 8.74. The van der Waals surface area contributed by atoms with Crippen LogP contribution in [0.4, 0.5) is 14.5 Å². The number of alkyl halides is 2. The van der Waals surface area contributed by atoms with E-state index < -0.39 is 6.61 Å². The van der Waals surface area contributed by atoms with Crippen molar-refractivity contribution < 1.29 is 18.3 Å². The lowest BCUT2D eigenvalue weighted by atomic mass is 9.97. The molecule has 3 N–H and O–H groups in total. The lowest BCUT2D eigenvalue weighted by Crippen LogP contribution is -2.13. The Labute approximate surface area is 198 Å². The minimum atomic E-state index is -3.02. The van der Waals surface area contributed by atoms with Crippen molar-refractivity contribution >= 4 is 16.5 Å². The molecule has 0 spiro atoms. The molecule has 2 aromatic carbocycles. The summed E-state index contributed by atoms with van der Waals surface area (Å²) in [5, 5.41) is 7.56. The van der Waals surface area contributed by atoms with E-state index in [9.17, 15) is 13.6 Å². The average molecular weight is 477 g/mol. The van der Waals surface area contributed by atoms with Crippen LogP contribution in [0.3, 0.4) is 0 Å². The minimum absolute atomic E-state index is 0.0428. The third-order valence-electron chi connectivity index (χ3n) is 5.90. The van der Waals surface area contributed by atoms with Gasteiger partial charge in [0.1, 0.15) is 11.5 Å². The van der Waals surface area contributed by atoms with Gasteiger partial charge in [0.25, 0.3) is 5.56 Å². The Balaban J connectivity index is 1.73. The van der Waals surface area contributed by atoms with Crippen molar-refractivity contribution in [3.8, 4) is 33.9 Å². The number of benzene rings is 2. The number of aromatic nitrogens is 3. The molecular weight excluding hydrogens is 456 g/mol. The molecule has 8 nitrogen and oxygen atoms in total. The van der Waals surface area contributed by atoms with Crippen LogP contribution in [0.15, 0.2) is 47.4 Å². The molecule has 1 aliphatic rings. The Morgan fingerprint density at radius 2 is 2.03 bits per heavy atom. The first-order valence-electron chi connectivity index (χ1n) is 10.9. The Hall–Kier alpha value is -4.23. The van der Waals surface area contributed by atoms with Gasteiger partial charge in [-0.25, -0.2) is 9.94 Å². The summed E-state index contributed by atoms with van der Waals surface area (Å²) in [5.74, 6) is 0.118. The van der Waals surface area contributed by atoms with E-state index in [2.05, 4.69) is 15.0 Å². The standard InChI is InChI=1S/C25H21F2N5O3/c1-29-22-19(10-15(35-25(26)27)11-21(22)34-14-4-5-14)23-16(7-8-32(23)2)13-3-6-17-18(9-13)20(12-28)30-31-24(17)33/h3,6-11,14,25H,4-5,12,28H2,2H3,(H,31,33). The largest absolute Gasteiger partial charge is 0.501 e. The summed E-state index contributed by atoms with van der Waals surface area (Å²) in [6.07, 6.45) is 3.45. The fourth-order valence-corrected chi connectivity index (χ4v) is 4.15. The number of aromatic amines is 1. The predicted octanol–water partition coefficient (Wildman–Crippen LogP) is 4.75. The molecule has 0 atom stereocenters. The zero-order chi connectivity index (χ0) is 24.7. The first-order chi connectivity index (χ1) is 16.9. The SMILES string of the molecule is [C-]#[N+]c1c(OC2CC2)cc(OC(F)F)cc1-c1c(-c2ccc3c(=O)[nH]nc(CN)c3c2)ccn1C. The number of hydrogen-bond acceptors (Lipinski definition) is 5. The fourth-order valence-electron chi connectivity index (χ4n) is 4.15. The summed E-state index contributed by atoms with van der Waals surface area (Å²) in [6.45, 7) is 4.93. The van der Waals surface area contributed by atoms with E-state index >= 15 is 0 Å². The van der Waals surface area contributed by atoms with Gasteiger partial charge in [-0.05, 0) is 42.7 Å². The van der Waals surface area contributed by atoms with E-state index in [4.69, 9.17) is 21.8 Å². The molecule has 4 aromatic rings. The summed E-state index contributed by atoms with van der Waals surface area (Å²) in [6, 6.07) is 9.92. The van der Waals surface area contributed by atoms with Crippen LogP contribution < -0.4 is 20.8 Å². The molecule has 0 radical (unpaired) electrons. The van der Waals surface area contributed by atoms with Crippen LogP contribution >= 0.6 is 0 Å². The Morgan fingerprint density at radius 1 is 1.23 bits per heavy atom. The number of rotatable bonds is 7. The quantitative estimate of drug-likeness (QED) is 0.375. The van der Waals surface area contributed by atoms with Gasteiger partial charge in [-0.2, -0.15) is 13.9 Å². The van der Waals surface area contributed by atoms with Gasteiger partial charge in [0.2, 0.25) is 5.69 Å². The van der Waals surface area contributed by atoms with Crippen molar-refractivity contribution in [3.63, 3.8) is 0 Å². The number of H-pyrrole nitrogens is 1. The Kier molecular flexibility index (Phi) is 5.70. The Bertz CT molecular complexity index is 1530. The van der Waals surface area contributed by atoms with E-state index in [-0.39, 0.29) is 35.4 Å². The lowest BCUT2D eigenvalue weighted by Gasteiger charge is -2.17. The second-order valence-corrected chi connectivity index (χ2v) is 8.28. The van der Waals surface area contributed by atoms with Crippen LogP contribution in [-0.4, -0.2) is 27.5 Å². The molecule has 2 aromatic heterocycles. The maximum atomic E-state index is 13.1. The number of aryl methyl sites for hydroxylation is 1. The van der Waals surface area contributed by atoms with Crippen molar-refractivity contribution in [3.05, 3.63) is 70.1 Å². The average Bonchev–Trinajstić information content (AvgIpc) is 3.57. The zero-order valence-electron chi connectivity index (χ0n) is 18.7. The smallest absolute Gasteiger partial charge is 0.387 e. The molecule has 0 bridgehead atoms. The summed E-state index contributed by atoms with van der Waals surface area (Å²) in [7, 11) is 1.80. The van der Waals surface area contributed by atoms with Crippen LogP contribution in [0.2, 0.25) is 0 Å². The molecule has 2 heterocycles. The lowest BCUT2D eigenvalue weighted by molar-refractivity contribution is -0.0499. The molecular formula is C25H21F2N5O3. The number of halogens is 2. The summed E-state index contributed by atoms with van der Waals surface area (Å²) < 4.78 is 38.6. The molecule has 1 aliphatic carbocycles. The highest BCUT2D eigenvalue weighted by molar-refractivity contribution is 5.94. The molecule has 1 saturated carbocycles. The number of fused-ring (bicyclic) bond motifs is 1. The molecule has 5 rings (SSSR count). The number of hydrogen-bond donors (Lipinski definition) is 2. The minimum Gasteiger partial charge on any atom is -0.501 e. The van der Waals surface area contributed by atoms with Gasteiger partial charge in [0.05, 0.1) is 23.8 Å². The van der Waals surface area contributed by atoms with Crippen LogP contribution in [0.25, 0.3) is 38.0 Å². The molecule has 0 unspecified atom stereocenters. The van der Waals surface area contributed by atoms with E-state index in [0.29, 0.717) is 27.7 Å². The molecule has 0 aliphatic heterocycles. The van der Waals surface area contributed by atoms with Gasteiger partial charge >= 0.3 is 6.61 Å². The number of ether oxygens (including phenoxy) is 2. The van der Waals surface area contributed by atoms with Gasteiger partial charge in [0.15, 0.2) is 0 Å². The van der Waals surface area contributed by atoms with Crippen LogP contribution in [0.5, 0.6) is 11.5 Å². The van der Waals surface area contributed by atoms with Gasteiger partial charge < -0.3 is 19.8 Å². The molecule has 1 fully saturated rings. The number of nitrogens with two attached hydrogens (primary N) is 1. The van der Waals surface area contributed by atoms with Gasteiger partial charge in [0, 0.05) is 48.1 Å². The molecule has 178 valence electrons. The summed E-state index contributed by atoms with van der Waals surface area (Å²) >= 11 is 0. The fraction of sp³-hybridized carbons (Fsp3) is 0.240. The highest BCUT2D eigenvalue weighted by Crippen LogP contribution is 2.47. The molecule has 0 saturated heterocycles. The molecule has 35 heavy (non-hydrogen) atoms. The second-order valence-electron chi connectivity index (χ2n) is 8.28.